The summed E-state index contributed by atoms with van der Waals surface area (Å²) in [6.07, 6.45) is -0.539. The number of nitrogens with one attached hydrogen (secondary N) is 1. The Morgan fingerprint density at radius 2 is 1.67 bits per heavy atom. The summed E-state index contributed by atoms with van der Waals surface area (Å²) >= 11 is 1.72. The van der Waals surface area contributed by atoms with Crippen molar-refractivity contribution in [2.24, 2.45) is 0 Å². The summed E-state index contributed by atoms with van der Waals surface area (Å²) in [7, 11) is 0. The lowest BCUT2D eigenvalue weighted by atomic mass is 10.1. The smallest absolute Gasteiger partial charge is 0.408 e. The van der Waals surface area contributed by atoms with Crippen LogP contribution in [0.5, 0.6) is 0 Å². The summed E-state index contributed by atoms with van der Waals surface area (Å²) in [4.78, 5) is 24.4. The van der Waals surface area contributed by atoms with Crippen LogP contribution in [-0.4, -0.2) is 28.8 Å². The van der Waals surface area contributed by atoms with Crippen molar-refractivity contribution in [3.05, 3.63) is 65.7 Å². The average Bonchev–Trinajstić information content (AvgIpc) is 2.60. The third kappa shape index (κ3) is 7.74. The number of carbonyl (C=O) groups is 2. The van der Waals surface area contributed by atoms with Crippen LogP contribution >= 0.6 is 11.8 Å². The molecule has 0 radical (unpaired) electrons. The Morgan fingerprint density at radius 1 is 1.04 bits per heavy atom. The van der Waals surface area contributed by atoms with Gasteiger partial charge in [-0.05, 0) is 44.0 Å². The molecule has 2 aromatic rings. The van der Waals surface area contributed by atoms with Crippen LogP contribution in [-0.2, 0) is 21.7 Å². The van der Waals surface area contributed by atoms with Crippen molar-refractivity contribution < 1.29 is 19.4 Å². The number of carbonyl (C=O) groups excluding carboxylic acids is 1. The molecule has 2 N–H and O–H groups in total. The number of ether oxygens (including phenoxy) is 1. The van der Waals surface area contributed by atoms with Gasteiger partial charge in [0.1, 0.15) is 11.6 Å². The van der Waals surface area contributed by atoms with Crippen molar-refractivity contribution in [3.63, 3.8) is 0 Å². The van der Waals surface area contributed by atoms with Crippen LogP contribution in [0.4, 0.5) is 4.79 Å². The number of rotatable bonds is 7. The summed E-state index contributed by atoms with van der Waals surface area (Å²) in [6, 6.07) is 16.9. The first-order valence-corrected chi connectivity index (χ1v) is 9.69. The summed E-state index contributed by atoms with van der Waals surface area (Å²) in [6.45, 7) is 5.19. The van der Waals surface area contributed by atoms with Crippen LogP contribution in [0.2, 0.25) is 0 Å². The Balaban J connectivity index is 1.92. The van der Waals surface area contributed by atoms with Gasteiger partial charge in [-0.3, -0.25) is 0 Å². The zero-order valence-corrected chi connectivity index (χ0v) is 16.6. The van der Waals surface area contributed by atoms with Crippen molar-refractivity contribution in [2.75, 3.05) is 0 Å². The molecule has 0 saturated carbocycles. The fourth-order valence-electron chi connectivity index (χ4n) is 2.35. The molecule has 1 amide bonds. The number of benzene rings is 2. The lowest BCUT2D eigenvalue weighted by molar-refractivity contribution is -0.139. The average molecular weight is 388 g/mol. The quantitative estimate of drug-likeness (QED) is 0.684. The van der Waals surface area contributed by atoms with Crippen molar-refractivity contribution >= 4 is 23.8 Å². The zero-order valence-electron chi connectivity index (χ0n) is 15.8. The standard InChI is InChI=1S/C21H25NO4S/c1-21(2,3)26-20(25)22-18(19(23)24)13-15-9-11-17(12-10-15)27-14-16-7-5-4-6-8-16/h4-12,18H,13-14H2,1-3H3,(H,22,25)(H,23,24)/t18-/m0/s1. The Bertz CT molecular complexity index is 754. The number of thioether (sulfide) groups is 1. The second-order valence-electron chi connectivity index (χ2n) is 7.16. The van der Waals surface area contributed by atoms with E-state index in [-0.39, 0.29) is 6.42 Å². The van der Waals surface area contributed by atoms with E-state index in [1.54, 1.807) is 32.5 Å². The number of hydrogen-bond acceptors (Lipinski definition) is 4. The topological polar surface area (TPSA) is 75.6 Å². The lowest BCUT2D eigenvalue weighted by Crippen LogP contribution is -2.44. The zero-order chi connectivity index (χ0) is 19.9. The number of aliphatic carboxylic acids is 1. The number of carboxylic acid groups (broad SMARTS) is 1. The molecule has 5 nitrogen and oxygen atoms in total. The van der Waals surface area contributed by atoms with Gasteiger partial charge >= 0.3 is 12.1 Å². The number of hydrogen-bond donors (Lipinski definition) is 2. The lowest BCUT2D eigenvalue weighted by Gasteiger charge is -2.22. The highest BCUT2D eigenvalue weighted by Gasteiger charge is 2.24. The Hall–Kier alpha value is -2.47. The maximum Gasteiger partial charge on any atom is 0.408 e. The van der Waals surface area contributed by atoms with E-state index in [9.17, 15) is 14.7 Å². The van der Waals surface area contributed by atoms with E-state index in [4.69, 9.17) is 4.74 Å². The molecule has 6 heteroatoms. The van der Waals surface area contributed by atoms with Gasteiger partial charge in [0, 0.05) is 17.1 Å². The molecule has 144 valence electrons. The molecule has 0 spiro atoms. The monoisotopic (exact) mass is 387 g/mol. The van der Waals surface area contributed by atoms with Gasteiger partial charge in [-0.2, -0.15) is 0 Å². The third-order valence-corrected chi connectivity index (χ3v) is 4.68. The van der Waals surface area contributed by atoms with Crippen molar-refractivity contribution in [1.29, 1.82) is 0 Å². The molecule has 2 rings (SSSR count). The molecular formula is C21H25NO4S. The Morgan fingerprint density at radius 3 is 2.22 bits per heavy atom. The highest BCUT2D eigenvalue weighted by molar-refractivity contribution is 7.98. The first-order valence-electron chi connectivity index (χ1n) is 8.71. The van der Waals surface area contributed by atoms with Gasteiger partial charge in [-0.25, -0.2) is 9.59 Å². The molecule has 0 heterocycles. The molecule has 27 heavy (non-hydrogen) atoms. The van der Waals surface area contributed by atoms with E-state index in [2.05, 4.69) is 17.4 Å². The van der Waals surface area contributed by atoms with E-state index in [0.29, 0.717) is 0 Å². The minimum atomic E-state index is -1.09. The number of carboxylic acids is 1. The van der Waals surface area contributed by atoms with E-state index < -0.39 is 23.7 Å². The predicted octanol–water partition coefficient (Wildman–Crippen LogP) is 4.50. The fraction of sp³-hybridized carbons (Fsp3) is 0.333. The van der Waals surface area contributed by atoms with Gasteiger partial charge in [0.05, 0.1) is 0 Å². The SMILES string of the molecule is CC(C)(C)OC(=O)N[C@@H](Cc1ccc(SCc2ccccc2)cc1)C(=O)O. The second kappa shape index (κ2) is 9.46. The van der Waals surface area contributed by atoms with Gasteiger partial charge < -0.3 is 15.2 Å². The van der Waals surface area contributed by atoms with E-state index in [0.717, 1.165) is 16.2 Å². The van der Waals surface area contributed by atoms with Crippen LogP contribution in [0.15, 0.2) is 59.5 Å². The summed E-state index contributed by atoms with van der Waals surface area (Å²) < 4.78 is 5.13. The molecule has 0 unspecified atom stereocenters. The van der Waals surface area contributed by atoms with Crippen molar-refractivity contribution in [1.82, 2.24) is 5.32 Å². The van der Waals surface area contributed by atoms with Gasteiger partial charge in [-0.1, -0.05) is 42.5 Å². The van der Waals surface area contributed by atoms with Gasteiger partial charge in [0.15, 0.2) is 0 Å². The molecule has 0 fully saturated rings. The number of amides is 1. The van der Waals surface area contributed by atoms with Crippen LogP contribution < -0.4 is 5.32 Å². The Labute approximate surface area is 164 Å². The maximum absolute atomic E-state index is 11.8. The van der Waals surface area contributed by atoms with E-state index in [1.165, 1.54) is 5.56 Å². The van der Waals surface area contributed by atoms with Gasteiger partial charge in [0.25, 0.3) is 0 Å². The van der Waals surface area contributed by atoms with Crippen LogP contribution in [0.1, 0.15) is 31.9 Å². The molecule has 1 atom stereocenters. The van der Waals surface area contributed by atoms with Gasteiger partial charge in [0.2, 0.25) is 0 Å². The third-order valence-electron chi connectivity index (χ3n) is 3.60. The normalized spacial score (nSPS) is 12.3. The first-order chi connectivity index (χ1) is 12.7. The van der Waals surface area contributed by atoms with Crippen LogP contribution in [0.25, 0.3) is 0 Å². The molecule has 0 aromatic heterocycles. The summed E-state index contributed by atoms with van der Waals surface area (Å²) in [5.41, 5.74) is 1.41. The molecule has 0 aliphatic rings. The van der Waals surface area contributed by atoms with E-state index >= 15 is 0 Å². The van der Waals surface area contributed by atoms with Crippen LogP contribution in [0, 0.1) is 0 Å². The molecular weight excluding hydrogens is 362 g/mol. The number of alkyl carbamates (subject to hydrolysis) is 1. The molecule has 0 saturated heterocycles. The van der Waals surface area contributed by atoms with Crippen molar-refractivity contribution in [2.45, 2.75) is 49.5 Å². The summed E-state index contributed by atoms with van der Waals surface area (Å²) in [5.74, 6) is -0.221. The van der Waals surface area contributed by atoms with E-state index in [1.807, 2.05) is 42.5 Å². The van der Waals surface area contributed by atoms with Crippen LogP contribution in [0.3, 0.4) is 0 Å². The predicted molar refractivity (Wildman–Crippen MR) is 107 cm³/mol. The molecule has 0 aliphatic heterocycles. The first kappa shape index (κ1) is 20.8. The molecule has 2 aromatic carbocycles. The molecule has 0 bridgehead atoms. The minimum Gasteiger partial charge on any atom is -0.480 e. The maximum atomic E-state index is 11.8. The largest absolute Gasteiger partial charge is 0.480 e. The van der Waals surface area contributed by atoms with Gasteiger partial charge in [-0.15, -0.1) is 11.8 Å². The fourth-order valence-corrected chi connectivity index (χ4v) is 3.20. The Kier molecular flexibility index (Phi) is 7.30. The summed E-state index contributed by atoms with van der Waals surface area (Å²) in [5, 5.41) is 11.8. The minimum absolute atomic E-state index is 0.193. The highest BCUT2D eigenvalue weighted by Crippen LogP contribution is 2.23. The molecule has 0 aliphatic carbocycles. The van der Waals surface area contributed by atoms with Crippen molar-refractivity contribution in [3.8, 4) is 0 Å². The second-order valence-corrected chi connectivity index (χ2v) is 8.21. The highest BCUT2D eigenvalue weighted by atomic mass is 32.2.